The van der Waals surface area contributed by atoms with Crippen molar-refractivity contribution in [3.63, 3.8) is 0 Å². The van der Waals surface area contributed by atoms with Crippen molar-refractivity contribution in [3.8, 4) is 0 Å². The number of likely N-dealkylation sites (tertiary alicyclic amines) is 1. The van der Waals surface area contributed by atoms with Crippen molar-refractivity contribution in [1.82, 2.24) is 14.5 Å². The van der Waals surface area contributed by atoms with Crippen molar-refractivity contribution >= 4 is 27.0 Å². The van der Waals surface area contributed by atoms with Gasteiger partial charge in [0, 0.05) is 13.1 Å². The van der Waals surface area contributed by atoms with Crippen LogP contribution in [0.2, 0.25) is 0 Å². The van der Waals surface area contributed by atoms with Crippen LogP contribution in [-0.4, -0.2) is 42.5 Å². The first-order chi connectivity index (χ1) is 13.1. The Morgan fingerprint density at radius 2 is 1.59 bits per heavy atom. The van der Waals surface area contributed by atoms with Gasteiger partial charge in [0.05, 0.1) is 15.9 Å². The summed E-state index contributed by atoms with van der Waals surface area (Å²) in [5.41, 5.74) is 1.74. The third kappa shape index (κ3) is 3.99. The summed E-state index contributed by atoms with van der Waals surface area (Å²) in [5, 5.41) is 0. The Morgan fingerprint density at radius 1 is 0.889 bits per heavy atom. The van der Waals surface area contributed by atoms with Gasteiger partial charge in [-0.1, -0.05) is 36.8 Å². The Labute approximate surface area is 159 Å². The molecule has 0 atom stereocenters. The highest BCUT2D eigenvalue weighted by molar-refractivity contribution is 7.92. The molecule has 142 valence electrons. The van der Waals surface area contributed by atoms with E-state index in [1.54, 1.807) is 30.3 Å². The van der Waals surface area contributed by atoms with E-state index < -0.39 is 10.0 Å². The lowest BCUT2D eigenvalue weighted by molar-refractivity contribution is 0.222. The number of nitrogens with zero attached hydrogens (tertiary/aromatic N) is 3. The number of aromatic nitrogens is 2. The Hall–Kier alpha value is -2.38. The maximum atomic E-state index is 12.8. The highest BCUT2D eigenvalue weighted by atomic mass is 32.2. The van der Waals surface area contributed by atoms with E-state index in [-0.39, 0.29) is 4.90 Å². The number of piperidine rings is 1. The van der Waals surface area contributed by atoms with Crippen LogP contribution in [0.15, 0.2) is 59.5 Å². The summed E-state index contributed by atoms with van der Waals surface area (Å²) >= 11 is 0. The van der Waals surface area contributed by atoms with Gasteiger partial charge in [0.1, 0.15) is 0 Å². The lowest BCUT2D eigenvalue weighted by atomic mass is 10.1. The Balaban J connectivity index is 1.63. The van der Waals surface area contributed by atoms with Crippen LogP contribution in [0.5, 0.6) is 0 Å². The van der Waals surface area contributed by atoms with Gasteiger partial charge in [-0.3, -0.25) is 0 Å². The largest absolute Gasteiger partial charge is 0.308 e. The van der Waals surface area contributed by atoms with Crippen LogP contribution in [0.4, 0.5) is 5.95 Å². The molecule has 2 aromatic carbocycles. The van der Waals surface area contributed by atoms with Crippen LogP contribution in [-0.2, 0) is 16.6 Å². The zero-order valence-corrected chi connectivity index (χ0v) is 16.0. The smallest absolute Gasteiger partial charge is 0.264 e. The van der Waals surface area contributed by atoms with Crippen molar-refractivity contribution in [1.29, 1.82) is 0 Å². The molecule has 0 saturated carbocycles. The number of hydrogen-bond acceptors (Lipinski definition) is 4. The summed E-state index contributed by atoms with van der Waals surface area (Å²) in [5.74, 6) is 0.372. The van der Waals surface area contributed by atoms with Gasteiger partial charge in [0.2, 0.25) is 5.95 Å². The maximum Gasteiger partial charge on any atom is 0.264 e. The molecule has 1 saturated heterocycles. The Bertz CT molecular complexity index is 1010. The van der Waals surface area contributed by atoms with Crippen LogP contribution in [0.1, 0.15) is 19.3 Å². The molecule has 0 amide bonds. The van der Waals surface area contributed by atoms with Gasteiger partial charge in [-0.05, 0) is 50.2 Å². The van der Waals surface area contributed by atoms with E-state index in [1.165, 1.54) is 19.3 Å². The van der Waals surface area contributed by atoms with Gasteiger partial charge in [0.25, 0.3) is 10.0 Å². The van der Waals surface area contributed by atoms with Crippen LogP contribution >= 0.6 is 0 Å². The standard InChI is InChI=1S/C20H24N4O2S/c25-27(26,17-9-3-1-4-10-17)22-20-21-18-11-5-6-12-19(18)24(20)16-15-23-13-7-2-8-14-23/h1,3-6,9-12H,2,7-8,13-16H2,(H,21,22). The number of para-hydroxylation sites is 2. The van der Waals surface area contributed by atoms with Gasteiger partial charge in [-0.2, -0.15) is 0 Å². The molecule has 1 aliphatic rings. The average molecular weight is 385 g/mol. The Kier molecular flexibility index (Phi) is 5.13. The summed E-state index contributed by atoms with van der Waals surface area (Å²) < 4.78 is 30.2. The van der Waals surface area contributed by atoms with Crippen LogP contribution in [0.25, 0.3) is 11.0 Å². The summed E-state index contributed by atoms with van der Waals surface area (Å²) in [7, 11) is -3.67. The van der Waals surface area contributed by atoms with Gasteiger partial charge in [-0.25, -0.2) is 18.1 Å². The molecule has 0 radical (unpaired) electrons. The lowest BCUT2D eigenvalue weighted by Gasteiger charge is -2.26. The van der Waals surface area contributed by atoms with E-state index in [9.17, 15) is 8.42 Å². The first kappa shape index (κ1) is 18.0. The monoisotopic (exact) mass is 384 g/mol. The lowest BCUT2D eigenvalue weighted by Crippen LogP contribution is -2.32. The van der Waals surface area contributed by atoms with Gasteiger partial charge in [-0.15, -0.1) is 0 Å². The highest BCUT2D eigenvalue weighted by Crippen LogP contribution is 2.22. The number of fused-ring (bicyclic) bond motifs is 1. The first-order valence-electron chi connectivity index (χ1n) is 9.39. The molecule has 0 unspecified atom stereocenters. The summed E-state index contributed by atoms with van der Waals surface area (Å²) in [6, 6.07) is 16.2. The number of anilines is 1. The fraction of sp³-hybridized carbons (Fsp3) is 0.350. The molecule has 3 aromatic rings. The van der Waals surface area contributed by atoms with E-state index in [4.69, 9.17) is 0 Å². The maximum absolute atomic E-state index is 12.8. The summed E-state index contributed by atoms with van der Waals surface area (Å²) in [6.07, 6.45) is 3.77. The molecular weight excluding hydrogens is 360 g/mol. The molecule has 0 spiro atoms. The van der Waals surface area contributed by atoms with Gasteiger partial charge >= 0.3 is 0 Å². The van der Waals surface area contributed by atoms with Crippen molar-refractivity contribution in [2.45, 2.75) is 30.7 Å². The number of sulfonamides is 1. The molecule has 7 heteroatoms. The third-order valence-corrected chi connectivity index (χ3v) is 6.37. The van der Waals surface area contributed by atoms with Crippen molar-refractivity contribution in [2.75, 3.05) is 24.4 Å². The predicted molar refractivity (Wildman–Crippen MR) is 107 cm³/mol. The second kappa shape index (κ2) is 7.70. The van der Waals surface area contributed by atoms with Crippen LogP contribution in [0, 0.1) is 0 Å². The van der Waals surface area contributed by atoms with Crippen molar-refractivity contribution in [3.05, 3.63) is 54.6 Å². The molecule has 1 aliphatic heterocycles. The minimum absolute atomic E-state index is 0.236. The molecule has 6 nitrogen and oxygen atoms in total. The summed E-state index contributed by atoms with van der Waals surface area (Å²) in [4.78, 5) is 7.22. The van der Waals surface area contributed by atoms with Crippen LogP contribution in [0.3, 0.4) is 0 Å². The van der Waals surface area contributed by atoms with Crippen LogP contribution < -0.4 is 4.72 Å². The quantitative estimate of drug-likeness (QED) is 0.708. The van der Waals surface area contributed by atoms with Crippen molar-refractivity contribution in [2.24, 2.45) is 0 Å². The minimum Gasteiger partial charge on any atom is -0.308 e. The van der Waals surface area contributed by atoms with Gasteiger partial charge < -0.3 is 9.47 Å². The molecule has 1 N–H and O–H groups in total. The second-order valence-electron chi connectivity index (χ2n) is 6.90. The first-order valence-corrected chi connectivity index (χ1v) is 10.9. The molecule has 0 aliphatic carbocycles. The molecule has 1 fully saturated rings. The molecule has 1 aromatic heterocycles. The van der Waals surface area contributed by atoms with E-state index in [0.29, 0.717) is 12.5 Å². The molecule has 4 rings (SSSR count). The van der Waals surface area contributed by atoms with Crippen molar-refractivity contribution < 1.29 is 8.42 Å². The minimum atomic E-state index is -3.67. The highest BCUT2D eigenvalue weighted by Gasteiger charge is 2.19. The van der Waals surface area contributed by atoms with E-state index >= 15 is 0 Å². The number of rotatable bonds is 6. The number of nitrogens with one attached hydrogen (secondary N) is 1. The topological polar surface area (TPSA) is 67.2 Å². The zero-order valence-electron chi connectivity index (χ0n) is 15.2. The predicted octanol–water partition coefficient (Wildman–Crippen LogP) is 3.32. The van der Waals surface area contributed by atoms with E-state index in [1.807, 2.05) is 28.8 Å². The fourth-order valence-electron chi connectivity index (χ4n) is 3.58. The third-order valence-electron chi connectivity index (χ3n) is 5.02. The van der Waals surface area contributed by atoms with E-state index in [2.05, 4.69) is 14.6 Å². The molecular formula is C20H24N4O2S. The number of imidazole rings is 1. The molecule has 27 heavy (non-hydrogen) atoms. The fourth-order valence-corrected chi connectivity index (χ4v) is 4.61. The SMILES string of the molecule is O=S(=O)(Nc1nc2ccccc2n1CCN1CCCCC1)c1ccccc1. The molecule has 2 heterocycles. The number of hydrogen-bond donors (Lipinski definition) is 1. The average Bonchev–Trinajstić information content (AvgIpc) is 3.04. The van der Waals surface area contributed by atoms with Gasteiger partial charge in [0.15, 0.2) is 0 Å². The zero-order chi connectivity index (χ0) is 18.7. The second-order valence-corrected chi connectivity index (χ2v) is 8.58. The molecule has 0 bridgehead atoms. The number of benzene rings is 2. The Morgan fingerprint density at radius 3 is 2.37 bits per heavy atom. The van der Waals surface area contributed by atoms with E-state index in [0.717, 1.165) is 30.7 Å². The normalized spacial score (nSPS) is 15.9. The summed E-state index contributed by atoms with van der Waals surface area (Å²) in [6.45, 7) is 3.81.